The number of aromatic nitrogens is 1. The predicted octanol–water partition coefficient (Wildman–Crippen LogP) is 3.40. The van der Waals surface area contributed by atoms with Gasteiger partial charge in [-0.1, -0.05) is 24.8 Å². The zero-order chi connectivity index (χ0) is 17.8. The number of rotatable bonds is 5. The van der Waals surface area contributed by atoms with E-state index in [-0.39, 0.29) is 5.91 Å². The number of benzene rings is 2. The van der Waals surface area contributed by atoms with Crippen molar-refractivity contribution in [3.63, 3.8) is 0 Å². The molecule has 0 aliphatic heterocycles. The lowest BCUT2D eigenvalue weighted by molar-refractivity contribution is -0.112. The summed E-state index contributed by atoms with van der Waals surface area (Å²) < 4.78 is 0. The lowest BCUT2D eigenvalue weighted by atomic mass is 9.95. The summed E-state index contributed by atoms with van der Waals surface area (Å²) in [5, 5.41) is 15.8. The highest BCUT2D eigenvalue weighted by atomic mass is 16.1. The molecular formula is C19H14N4O2. The van der Waals surface area contributed by atoms with Gasteiger partial charge in [0.05, 0.1) is 22.5 Å². The molecule has 0 saturated carbocycles. The zero-order valence-corrected chi connectivity index (χ0v) is 13.2. The number of nitrogens with zero attached hydrogens (tertiary/aromatic N) is 1. The van der Waals surface area contributed by atoms with Gasteiger partial charge in [0.25, 0.3) is 0 Å². The first-order valence-corrected chi connectivity index (χ1v) is 7.46. The molecule has 122 valence electrons. The van der Waals surface area contributed by atoms with Crippen LogP contribution >= 0.6 is 0 Å². The zero-order valence-electron chi connectivity index (χ0n) is 13.2. The van der Waals surface area contributed by atoms with E-state index in [1.807, 2.05) is 18.2 Å². The van der Waals surface area contributed by atoms with Gasteiger partial charge in [-0.2, -0.15) is 5.26 Å². The number of carbonyl (C=O) groups excluding carboxylic acids is 2. The molecule has 0 fully saturated rings. The number of hydrogen-bond donors (Lipinski definition) is 3. The van der Waals surface area contributed by atoms with Crippen molar-refractivity contribution in [3.05, 3.63) is 60.8 Å². The fourth-order valence-electron chi connectivity index (χ4n) is 2.76. The Morgan fingerprint density at radius 3 is 2.72 bits per heavy atom. The normalized spacial score (nSPS) is 10.0. The van der Waals surface area contributed by atoms with Crippen LogP contribution in [0.3, 0.4) is 0 Å². The Morgan fingerprint density at radius 2 is 2.00 bits per heavy atom. The van der Waals surface area contributed by atoms with Crippen LogP contribution in [-0.2, 0) is 9.59 Å². The second-order valence-corrected chi connectivity index (χ2v) is 5.22. The van der Waals surface area contributed by atoms with Crippen molar-refractivity contribution in [1.29, 1.82) is 5.26 Å². The van der Waals surface area contributed by atoms with Crippen molar-refractivity contribution in [3.8, 4) is 17.2 Å². The molecule has 3 aromatic rings. The van der Waals surface area contributed by atoms with E-state index in [2.05, 4.69) is 28.3 Å². The molecule has 25 heavy (non-hydrogen) atoms. The third-order valence-corrected chi connectivity index (χ3v) is 3.85. The maximum Gasteiger partial charge on any atom is 0.247 e. The molecule has 0 bridgehead atoms. The van der Waals surface area contributed by atoms with Crippen molar-refractivity contribution >= 4 is 34.6 Å². The molecular weight excluding hydrogens is 316 g/mol. The Labute approximate surface area is 143 Å². The first-order valence-electron chi connectivity index (χ1n) is 7.46. The number of hydrogen-bond acceptors (Lipinski definition) is 3. The molecule has 0 saturated heterocycles. The summed E-state index contributed by atoms with van der Waals surface area (Å²) in [6.45, 7) is 3.42. The molecule has 3 N–H and O–H groups in total. The molecule has 3 rings (SSSR count). The fraction of sp³-hybridized carbons (Fsp3) is 0. The molecule has 2 aromatic carbocycles. The number of aromatic amines is 1. The average Bonchev–Trinajstić information content (AvgIpc) is 3.12. The second-order valence-electron chi connectivity index (χ2n) is 5.22. The molecule has 0 aliphatic carbocycles. The maximum absolute atomic E-state index is 11.6. The molecule has 0 radical (unpaired) electrons. The SMILES string of the molecule is C=CC(=O)Nc1cccc(-c2ccc(NC=O)c3[nH]ccc23)c1C#N. The second kappa shape index (κ2) is 6.72. The number of fused-ring (bicyclic) bond motifs is 1. The summed E-state index contributed by atoms with van der Waals surface area (Å²) in [6, 6.07) is 12.9. The Hall–Kier alpha value is -3.85. The summed E-state index contributed by atoms with van der Waals surface area (Å²) in [6.07, 6.45) is 3.53. The summed E-state index contributed by atoms with van der Waals surface area (Å²) in [5.41, 5.74) is 3.69. The van der Waals surface area contributed by atoms with E-state index < -0.39 is 0 Å². The highest BCUT2D eigenvalue weighted by molar-refractivity contribution is 6.06. The van der Waals surface area contributed by atoms with Gasteiger partial charge in [0.2, 0.25) is 12.3 Å². The van der Waals surface area contributed by atoms with Crippen LogP contribution in [0, 0.1) is 11.3 Å². The third-order valence-electron chi connectivity index (χ3n) is 3.85. The Morgan fingerprint density at radius 1 is 1.16 bits per heavy atom. The monoisotopic (exact) mass is 330 g/mol. The lowest BCUT2D eigenvalue weighted by Gasteiger charge is -2.12. The van der Waals surface area contributed by atoms with E-state index >= 15 is 0 Å². The highest BCUT2D eigenvalue weighted by Crippen LogP contribution is 2.36. The number of nitrogens with one attached hydrogen (secondary N) is 3. The fourth-order valence-corrected chi connectivity index (χ4v) is 2.76. The summed E-state index contributed by atoms with van der Waals surface area (Å²) in [4.78, 5) is 25.4. The van der Waals surface area contributed by atoms with Crippen LogP contribution in [0.15, 0.2) is 55.3 Å². The quantitative estimate of drug-likeness (QED) is 0.494. The van der Waals surface area contributed by atoms with Crippen LogP contribution in [0.25, 0.3) is 22.0 Å². The Balaban J connectivity index is 2.21. The van der Waals surface area contributed by atoms with Gasteiger partial charge < -0.3 is 15.6 Å². The molecule has 1 aromatic heterocycles. The van der Waals surface area contributed by atoms with Gasteiger partial charge in [0.1, 0.15) is 6.07 Å². The first-order chi connectivity index (χ1) is 12.2. The Bertz CT molecular complexity index is 1030. The van der Waals surface area contributed by atoms with Crippen molar-refractivity contribution in [2.75, 3.05) is 10.6 Å². The van der Waals surface area contributed by atoms with Crippen LogP contribution < -0.4 is 10.6 Å². The Kier molecular flexibility index (Phi) is 4.31. The number of nitriles is 1. The minimum Gasteiger partial charge on any atom is -0.359 e. The van der Waals surface area contributed by atoms with Crippen LogP contribution in [0.4, 0.5) is 11.4 Å². The standard InChI is InChI=1S/C19H14N4O2/c1-2-18(25)23-16-5-3-4-12(15(16)10-20)13-6-7-17(22-11-24)19-14(13)8-9-21-19/h2-9,11,21H,1H2,(H,22,24)(H,23,25). The third kappa shape index (κ3) is 2.86. The van der Waals surface area contributed by atoms with Crippen LogP contribution in [0.2, 0.25) is 0 Å². The minimum absolute atomic E-state index is 0.358. The molecule has 0 atom stereocenters. The average molecular weight is 330 g/mol. The van der Waals surface area contributed by atoms with E-state index in [1.54, 1.807) is 24.4 Å². The topological polar surface area (TPSA) is 97.8 Å². The molecule has 0 aliphatic rings. The van der Waals surface area contributed by atoms with Gasteiger partial charge in [-0.15, -0.1) is 0 Å². The van der Waals surface area contributed by atoms with E-state index in [4.69, 9.17) is 0 Å². The van der Waals surface area contributed by atoms with E-state index in [1.165, 1.54) is 0 Å². The largest absolute Gasteiger partial charge is 0.359 e. The number of carbonyl (C=O) groups is 2. The van der Waals surface area contributed by atoms with Crippen LogP contribution in [-0.4, -0.2) is 17.3 Å². The highest BCUT2D eigenvalue weighted by Gasteiger charge is 2.15. The van der Waals surface area contributed by atoms with Gasteiger partial charge in [-0.25, -0.2) is 0 Å². The number of amides is 2. The van der Waals surface area contributed by atoms with E-state index in [0.29, 0.717) is 28.9 Å². The smallest absolute Gasteiger partial charge is 0.247 e. The minimum atomic E-state index is -0.383. The molecule has 0 unspecified atom stereocenters. The van der Waals surface area contributed by atoms with Crippen molar-refractivity contribution in [1.82, 2.24) is 4.98 Å². The summed E-state index contributed by atoms with van der Waals surface area (Å²) in [5.74, 6) is -0.383. The summed E-state index contributed by atoms with van der Waals surface area (Å²) in [7, 11) is 0. The molecule has 2 amide bonds. The maximum atomic E-state index is 11.6. The van der Waals surface area contributed by atoms with Crippen LogP contribution in [0.1, 0.15) is 5.56 Å². The number of H-pyrrole nitrogens is 1. The molecule has 6 heteroatoms. The van der Waals surface area contributed by atoms with Crippen molar-refractivity contribution in [2.24, 2.45) is 0 Å². The van der Waals surface area contributed by atoms with E-state index in [0.717, 1.165) is 22.5 Å². The van der Waals surface area contributed by atoms with Gasteiger partial charge in [-0.3, -0.25) is 9.59 Å². The van der Waals surface area contributed by atoms with Gasteiger partial charge in [0.15, 0.2) is 0 Å². The van der Waals surface area contributed by atoms with E-state index in [9.17, 15) is 14.9 Å². The molecule has 0 spiro atoms. The lowest BCUT2D eigenvalue weighted by Crippen LogP contribution is -2.09. The summed E-state index contributed by atoms with van der Waals surface area (Å²) >= 11 is 0. The number of anilines is 2. The van der Waals surface area contributed by atoms with Crippen molar-refractivity contribution < 1.29 is 9.59 Å². The van der Waals surface area contributed by atoms with Crippen molar-refractivity contribution in [2.45, 2.75) is 0 Å². The van der Waals surface area contributed by atoms with Gasteiger partial charge in [-0.05, 0) is 29.8 Å². The molecule has 1 heterocycles. The van der Waals surface area contributed by atoms with Gasteiger partial charge in [0, 0.05) is 17.1 Å². The van der Waals surface area contributed by atoms with Gasteiger partial charge >= 0.3 is 0 Å². The molecule has 6 nitrogen and oxygen atoms in total. The van der Waals surface area contributed by atoms with Crippen LogP contribution in [0.5, 0.6) is 0 Å². The first kappa shape index (κ1) is 16.0. The predicted molar refractivity (Wildman–Crippen MR) is 97.0 cm³/mol.